The van der Waals surface area contributed by atoms with Gasteiger partial charge in [0.25, 0.3) is 0 Å². The van der Waals surface area contributed by atoms with Gasteiger partial charge in [-0.3, -0.25) is 4.79 Å². The second kappa shape index (κ2) is 5.14. The number of Topliss-reactive ketones (excluding diaryl/α,β-unsaturated/α-hetero) is 1. The van der Waals surface area contributed by atoms with E-state index in [0.717, 1.165) is 37.0 Å². The summed E-state index contributed by atoms with van der Waals surface area (Å²) in [6, 6.07) is 0. The van der Waals surface area contributed by atoms with E-state index in [-0.39, 0.29) is 0 Å². The highest BCUT2D eigenvalue weighted by Crippen LogP contribution is 2.38. The summed E-state index contributed by atoms with van der Waals surface area (Å²) in [6.07, 6.45) is 11.1. The summed E-state index contributed by atoms with van der Waals surface area (Å²) in [5.74, 6) is 3.09. The Balaban J connectivity index is 1.88. The van der Waals surface area contributed by atoms with Crippen LogP contribution in [0.25, 0.3) is 0 Å². The summed E-state index contributed by atoms with van der Waals surface area (Å²) in [5.41, 5.74) is 0. The Morgan fingerprint density at radius 3 is 2.40 bits per heavy atom. The van der Waals surface area contributed by atoms with E-state index in [1.165, 1.54) is 38.5 Å². The minimum absolute atomic E-state index is 0.538. The Kier molecular flexibility index (Phi) is 3.82. The Morgan fingerprint density at radius 2 is 1.67 bits per heavy atom. The first kappa shape index (κ1) is 11.2. The van der Waals surface area contributed by atoms with Crippen LogP contribution in [0.15, 0.2) is 0 Å². The molecule has 0 heterocycles. The molecule has 0 aliphatic heterocycles. The molecule has 1 unspecified atom stereocenters. The van der Waals surface area contributed by atoms with Crippen LogP contribution in [0.1, 0.15) is 64.7 Å². The third-order valence-corrected chi connectivity index (χ3v) is 4.50. The van der Waals surface area contributed by atoms with Gasteiger partial charge >= 0.3 is 0 Å². The first-order chi connectivity index (χ1) is 7.25. The van der Waals surface area contributed by atoms with E-state index in [2.05, 4.69) is 6.92 Å². The number of carbonyl (C=O) groups is 1. The summed E-state index contributed by atoms with van der Waals surface area (Å²) in [5, 5.41) is 0. The van der Waals surface area contributed by atoms with Crippen molar-refractivity contribution >= 4 is 5.78 Å². The molecule has 0 amide bonds. The van der Waals surface area contributed by atoms with Gasteiger partial charge in [-0.15, -0.1) is 0 Å². The molecule has 2 saturated carbocycles. The van der Waals surface area contributed by atoms with Crippen molar-refractivity contribution in [3.63, 3.8) is 0 Å². The van der Waals surface area contributed by atoms with Gasteiger partial charge < -0.3 is 0 Å². The first-order valence-electron chi connectivity index (χ1n) is 6.77. The molecule has 0 spiro atoms. The molecular weight excluding hydrogens is 184 g/mol. The predicted molar refractivity (Wildman–Crippen MR) is 62.7 cm³/mol. The highest BCUT2D eigenvalue weighted by molar-refractivity contribution is 5.78. The average molecular weight is 208 g/mol. The fourth-order valence-corrected chi connectivity index (χ4v) is 3.38. The molecule has 0 aromatic carbocycles. The van der Waals surface area contributed by atoms with Crippen LogP contribution in [0.2, 0.25) is 0 Å². The predicted octanol–water partition coefficient (Wildman–Crippen LogP) is 3.96. The van der Waals surface area contributed by atoms with E-state index in [9.17, 15) is 4.79 Å². The second-order valence-electron chi connectivity index (χ2n) is 5.77. The maximum atomic E-state index is 11.6. The van der Waals surface area contributed by atoms with Gasteiger partial charge in [-0.1, -0.05) is 26.2 Å². The number of rotatable bonds is 1. The van der Waals surface area contributed by atoms with Crippen molar-refractivity contribution in [1.29, 1.82) is 0 Å². The van der Waals surface area contributed by atoms with E-state index in [0.29, 0.717) is 5.78 Å². The summed E-state index contributed by atoms with van der Waals surface area (Å²) in [7, 11) is 0. The average Bonchev–Trinajstić information content (AvgIpc) is 2.44. The summed E-state index contributed by atoms with van der Waals surface area (Å²) in [6.45, 7) is 2.37. The van der Waals surface area contributed by atoms with Crippen LogP contribution in [-0.4, -0.2) is 5.78 Å². The summed E-state index contributed by atoms with van der Waals surface area (Å²) in [4.78, 5) is 11.6. The Hall–Kier alpha value is -0.330. The van der Waals surface area contributed by atoms with Crippen molar-refractivity contribution in [2.24, 2.45) is 17.8 Å². The van der Waals surface area contributed by atoms with Crippen LogP contribution in [0.4, 0.5) is 0 Å². The summed E-state index contributed by atoms with van der Waals surface area (Å²) < 4.78 is 0. The Bertz CT molecular complexity index is 213. The molecule has 1 heteroatoms. The molecular formula is C14H24O. The van der Waals surface area contributed by atoms with Gasteiger partial charge in [-0.25, -0.2) is 0 Å². The lowest BCUT2D eigenvalue weighted by Gasteiger charge is -2.31. The van der Waals surface area contributed by atoms with Crippen molar-refractivity contribution in [2.75, 3.05) is 0 Å². The standard InChI is InChI=1S/C14H24O/c1-11-6-8-12(9-7-11)13-4-2-3-5-14(15)10-13/h11-13H,2-10H2,1H3. The van der Waals surface area contributed by atoms with E-state index < -0.39 is 0 Å². The minimum Gasteiger partial charge on any atom is -0.300 e. The molecule has 1 nitrogen and oxygen atoms in total. The zero-order valence-electron chi connectivity index (χ0n) is 10.0. The highest BCUT2D eigenvalue weighted by atomic mass is 16.1. The van der Waals surface area contributed by atoms with Crippen molar-refractivity contribution in [3.05, 3.63) is 0 Å². The molecule has 0 saturated heterocycles. The van der Waals surface area contributed by atoms with Gasteiger partial charge in [0.1, 0.15) is 5.78 Å². The largest absolute Gasteiger partial charge is 0.300 e. The van der Waals surface area contributed by atoms with Gasteiger partial charge in [-0.05, 0) is 43.4 Å². The molecule has 2 fully saturated rings. The maximum Gasteiger partial charge on any atom is 0.133 e. The topological polar surface area (TPSA) is 17.1 Å². The van der Waals surface area contributed by atoms with E-state index in [1.54, 1.807) is 0 Å². The zero-order valence-corrected chi connectivity index (χ0v) is 10.0. The van der Waals surface area contributed by atoms with Gasteiger partial charge in [0, 0.05) is 12.8 Å². The van der Waals surface area contributed by atoms with E-state index in [4.69, 9.17) is 0 Å². The SMILES string of the molecule is CC1CCC(C2CCCCC(=O)C2)CC1. The maximum absolute atomic E-state index is 11.6. The molecule has 0 bridgehead atoms. The fourth-order valence-electron chi connectivity index (χ4n) is 3.38. The van der Waals surface area contributed by atoms with Crippen molar-refractivity contribution in [3.8, 4) is 0 Å². The van der Waals surface area contributed by atoms with Crippen LogP contribution < -0.4 is 0 Å². The number of hydrogen-bond acceptors (Lipinski definition) is 1. The number of ketones is 1. The molecule has 2 aliphatic carbocycles. The van der Waals surface area contributed by atoms with Crippen LogP contribution >= 0.6 is 0 Å². The molecule has 0 aromatic rings. The Morgan fingerprint density at radius 1 is 0.933 bits per heavy atom. The third-order valence-electron chi connectivity index (χ3n) is 4.50. The molecule has 2 aliphatic rings. The van der Waals surface area contributed by atoms with Crippen molar-refractivity contribution in [1.82, 2.24) is 0 Å². The monoisotopic (exact) mass is 208 g/mol. The highest BCUT2D eigenvalue weighted by Gasteiger charge is 2.28. The Labute approximate surface area is 93.6 Å². The molecule has 0 radical (unpaired) electrons. The molecule has 86 valence electrons. The van der Waals surface area contributed by atoms with Gasteiger partial charge in [-0.2, -0.15) is 0 Å². The van der Waals surface area contributed by atoms with Crippen LogP contribution in [0.3, 0.4) is 0 Å². The fraction of sp³-hybridized carbons (Fsp3) is 0.929. The van der Waals surface area contributed by atoms with Crippen LogP contribution in [0, 0.1) is 17.8 Å². The van der Waals surface area contributed by atoms with Gasteiger partial charge in [0.2, 0.25) is 0 Å². The van der Waals surface area contributed by atoms with Crippen molar-refractivity contribution < 1.29 is 4.79 Å². The van der Waals surface area contributed by atoms with Crippen LogP contribution in [-0.2, 0) is 4.79 Å². The lowest BCUT2D eigenvalue weighted by molar-refractivity contribution is -0.120. The quantitative estimate of drug-likeness (QED) is 0.596. The second-order valence-corrected chi connectivity index (χ2v) is 5.77. The molecule has 15 heavy (non-hydrogen) atoms. The molecule has 0 N–H and O–H groups in total. The van der Waals surface area contributed by atoms with Crippen molar-refractivity contribution in [2.45, 2.75) is 64.7 Å². The normalized spacial score (nSPS) is 38.7. The van der Waals surface area contributed by atoms with Gasteiger partial charge in [0.05, 0.1) is 0 Å². The van der Waals surface area contributed by atoms with E-state index >= 15 is 0 Å². The first-order valence-corrected chi connectivity index (χ1v) is 6.77. The van der Waals surface area contributed by atoms with E-state index in [1.807, 2.05) is 0 Å². The summed E-state index contributed by atoms with van der Waals surface area (Å²) >= 11 is 0. The zero-order chi connectivity index (χ0) is 10.7. The third kappa shape index (κ3) is 3.06. The smallest absolute Gasteiger partial charge is 0.133 e. The van der Waals surface area contributed by atoms with Crippen LogP contribution in [0.5, 0.6) is 0 Å². The lowest BCUT2D eigenvalue weighted by Crippen LogP contribution is -2.22. The molecule has 1 atom stereocenters. The molecule has 2 rings (SSSR count). The van der Waals surface area contributed by atoms with Gasteiger partial charge in [0.15, 0.2) is 0 Å². The number of hydrogen-bond donors (Lipinski definition) is 0. The minimum atomic E-state index is 0.538. The lowest BCUT2D eigenvalue weighted by atomic mass is 9.74. The number of carbonyl (C=O) groups excluding carboxylic acids is 1. The molecule has 0 aromatic heterocycles.